The maximum atomic E-state index is 11.8. The molecule has 86 valence electrons. The van der Waals surface area contributed by atoms with E-state index in [2.05, 4.69) is 10.6 Å². The van der Waals surface area contributed by atoms with Crippen LogP contribution in [0.3, 0.4) is 0 Å². The van der Waals surface area contributed by atoms with Crippen molar-refractivity contribution >= 4 is 10.2 Å². The maximum absolute atomic E-state index is 11.8. The van der Waals surface area contributed by atoms with Gasteiger partial charge in [0.1, 0.15) is 0 Å². The highest BCUT2D eigenvalue weighted by molar-refractivity contribution is 7.87. The van der Waals surface area contributed by atoms with Gasteiger partial charge in [0, 0.05) is 25.6 Å². The Balaban J connectivity index is 2.56. The van der Waals surface area contributed by atoms with Crippen LogP contribution in [0.25, 0.3) is 0 Å². The zero-order valence-electron chi connectivity index (χ0n) is 9.07. The molecule has 0 aromatic rings. The fourth-order valence-electron chi connectivity index (χ4n) is 1.76. The van der Waals surface area contributed by atoms with Crippen LogP contribution in [0.2, 0.25) is 0 Å². The van der Waals surface area contributed by atoms with Gasteiger partial charge in [-0.2, -0.15) is 12.7 Å². The summed E-state index contributed by atoms with van der Waals surface area (Å²) in [6, 6.07) is 0.0992. The average Bonchev–Trinajstić information content (AvgIpc) is 2.18. The number of hydrogen-bond donors (Lipinski definition) is 1. The smallest absolute Gasteiger partial charge is 0.201 e. The van der Waals surface area contributed by atoms with Crippen molar-refractivity contribution in [1.29, 1.82) is 0 Å². The minimum Gasteiger partial charge on any atom is -0.201 e. The van der Waals surface area contributed by atoms with Crippen molar-refractivity contribution in [3.8, 4) is 12.3 Å². The number of piperidine rings is 1. The largest absolute Gasteiger partial charge is 0.279 e. The molecule has 0 saturated carbocycles. The lowest BCUT2D eigenvalue weighted by atomic mass is 10.1. The highest BCUT2D eigenvalue weighted by Gasteiger charge is 2.28. The molecule has 15 heavy (non-hydrogen) atoms. The van der Waals surface area contributed by atoms with Gasteiger partial charge in [-0.25, -0.2) is 4.72 Å². The number of nitrogens with zero attached hydrogens (tertiary/aromatic N) is 1. The topological polar surface area (TPSA) is 49.4 Å². The second-order valence-electron chi connectivity index (χ2n) is 3.81. The van der Waals surface area contributed by atoms with Crippen LogP contribution < -0.4 is 4.72 Å². The van der Waals surface area contributed by atoms with Gasteiger partial charge in [0.05, 0.1) is 0 Å². The zero-order chi connectivity index (χ0) is 11.3. The molecule has 0 aromatic carbocycles. The van der Waals surface area contributed by atoms with Gasteiger partial charge in [-0.1, -0.05) is 6.42 Å². The molecule has 5 heteroatoms. The van der Waals surface area contributed by atoms with E-state index < -0.39 is 10.2 Å². The summed E-state index contributed by atoms with van der Waals surface area (Å²) in [6.07, 6.45) is 8.49. The van der Waals surface area contributed by atoms with Crippen LogP contribution in [0.15, 0.2) is 0 Å². The number of rotatable bonds is 4. The molecule has 4 nitrogen and oxygen atoms in total. The van der Waals surface area contributed by atoms with Crippen molar-refractivity contribution in [2.45, 2.75) is 38.6 Å². The molecule has 1 rings (SSSR count). The van der Waals surface area contributed by atoms with Gasteiger partial charge in [0.25, 0.3) is 10.2 Å². The zero-order valence-corrected chi connectivity index (χ0v) is 9.89. The summed E-state index contributed by atoms with van der Waals surface area (Å²) in [6.45, 7) is 2.88. The second-order valence-corrected chi connectivity index (χ2v) is 5.52. The molecule has 0 spiro atoms. The summed E-state index contributed by atoms with van der Waals surface area (Å²) < 4.78 is 27.7. The fourth-order valence-corrected chi connectivity index (χ4v) is 3.24. The highest BCUT2D eigenvalue weighted by Crippen LogP contribution is 2.18. The Morgan fingerprint density at radius 3 is 2.87 bits per heavy atom. The summed E-state index contributed by atoms with van der Waals surface area (Å²) in [4.78, 5) is 0. The van der Waals surface area contributed by atoms with E-state index >= 15 is 0 Å². The molecule has 1 saturated heterocycles. The van der Waals surface area contributed by atoms with Crippen molar-refractivity contribution in [2.75, 3.05) is 13.1 Å². The third-order valence-corrected chi connectivity index (χ3v) is 4.33. The van der Waals surface area contributed by atoms with E-state index in [4.69, 9.17) is 6.42 Å². The summed E-state index contributed by atoms with van der Waals surface area (Å²) in [5.74, 6) is 2.41. The van der Waals surface area contributed by atoms with E-state index in [-0.39, 0.29) is 6.04 Å². The van der Waals surface area contributed by atoms with Crippen molar-refractivity contribution in [1.82, 2.24) is 9.03 Å². The molecular formula is C10H18N2O2S. The SMILES string of the molecule is C#CCCNS(=O)(=O)N1CCCCC1C. The van der Waals surface area contributed by atoms with Gasteiger partial charge >= 0.3 is 0 Å². The van der Waals surface area contributed by atoms with Gasteiger partial charge in [0.15, 0.2) is 0 Å². The predicted molar refractivity (Wildman–Crippen MR) is 60.4 cm³/mol. The van der Waals surface area contributed by atoms with Gasteiger partial charge in [-0.05, 0) is 19.8 Å². The molecule has 1 fully saturated rings. The first-order valence-corrected chi connectivity index (χ1v) is 6.72. The van der Waals surface area contributed by atoms with Crippen LogP contribution in [0.1, 0.15) is 32.6 Å². The van der Waals surface area contributed by atoms with E-state index in [0.717, 1.165) is 19.3 Å². The molecule has 1 aliphatic rings. The molecule has 0 bridgehead atoms. The third-order valence-electron chi connectivity index (χ3n) is 2.60. The molecule has 0 aromatic heterocycles. The first-order chi connectivity index (χ1) is 7.08. The standard InChI is InChI=1S/C10H18N2O2S/c1-3-4-8-11-15(13,14)12-9-6-5-7-10(12)2/h1,10-11H,4-9H2,2H3. The molecule has 1 atom stereocenters. The molecular weight excluding hydrogens is 212 g/mol. The molecule has 0 radical (unpaired) electrons. The normalized spacial score (nSPS) is 23.6. The number of terminal acetylenes is 1. The van der Waals surface area contributed by atoms with Crippen LogP contribution in [-0.2, 0) is 10.2 Å². The van der Waals surface area contributed by atoms with Crippen molar-refractivity contribution < 1.29 is 8.42 Å². The lowest BCUT2D eigenvalue weighted by Gasteiger charge is -2.32. The first-order valence-electron chi connectivity index (χ1n) is 5.28. The van der Waals surface area contributed by atoms with E-state index in [1.54, 1.807) is 0 Å². The Morgan fingerprint density at radius 1 is 1.53 bits per heavy atom. The van der Waals surface area contributed by atoms with Crippen molar-refractivity contribution in [3.05, 3.63) is 0 Å². The van der Waals surface area contributed by atoms with Crippen LogP contribution in [0, 0.1) is 12.3 Å². The Labute approximate surface area is 92.2 Å². The van der Waals surface area contributed by atoms with Crippen LogP contribution >= 0.6 is 0 Å². The molecule has 1 aliphatic heterocycles. The lowest BCUT2D eigenvalue weighted by Crippen LogP contribution is -2.48. The molecule has 0 aliphatic carbocycles. The van der Waals surface area contributed by atoms with Gasteiger partial charge in [0.2, 0.25) is 0 Å². The average molecular weight is 230 g/mol. The Bertz CT molecular complexity index is 332. The van der Waals surface area contributed by atoms with Crippen LogP contribution in [0.4, 0.5) is 0 Å². The first kappa shape index (κ1) is 12.5. The van der Waals surface area contributed by atoms with Crippen molar-refractivity contribution in [3.63, 3.8) is 0 Å². The fraction of sp³-hybridized carbons (Fsp3) is 0.800. The molecule has 1 heterocycles. The second kappa shape index (κ2) is 5.50. The van der Waals surface area contributed by atoms with Crippen LogP contribution in [0.5, 0.6) is 0 Å². The number of nitrogens with one attached hydrogen (secondary N) is 1. The summed E-state index contributed by atoms with van der Waals surface area (Å²) in [5, 5.41) is 0. The number of hydrogen-bond acceptors (Lipinski definition) is 2. The van der Waals surface area contributed by atoms with E-state index in [0.29, 0.717) is 19.5 Å². The molecule has 0 amide bonds. The minimum atomic E-state index is -3.32. The maximum Gasteiger partial charge on any atom is 0.279 e. The van der Waals surface area contributed by atoms with Gasteiger partial charge in [-0.15, -0.1) is 12.3 Å². The van der Waals surface area contributed by atoms with Gasteiger partial charge < -0.3 is 0 Å². The van der Waals surface area contributed by atoms with E-state index in [1.165, 1.54) is 4.31 Å². The van der Waals surface area contributed by atoms with Crippen LogP contribution in [-0.4, -0.2) is 31.9 Å². The van der Waals surface area contributed by atoms with E-state index in [1.807, 2.05) is 6.92 Å². The highest BCUT2D eigenvalue weighted by atomic mass is 32.2. The minimum absolute atomic E-state index is 0.0992. The van der Waals surface area contributed by atoms with Crippen molar-refractivity contribution in [2.24, 2.45) is 0 Å². The quantitative estimate of drug-likeness (QED) is 0.571. The monoisotopic (exact) mass is 230 g/mol. The summed E-state index contributed by atoms with van der Waals surface area (Å²) in [7, 11) is -3.32. The molecule has 1 N–H and O–H groups in total. The lowest BCUT2D eigenvalue weighted by molar-refractivity contribution is 0.265. The Morgan fingerprint density at radius 2 is 2.27 bits per heavy atom. The summed E-state index contributed by atoms with van der Waals surface area (Å²) in [5.41, 5.74) is 0. The molecule has 1 unspecified atom stereocenters. The Hall–Kier alpha value is -0.570. The Kier molecular flexibility index (Phi) is 4.58. The predicted octanol–water partition coefficient (Wildman–Crippen LogP) is 0.718. The third kappa shape index (κ3) is 3.49. The van der Waals surface area contributed by atoms with E-state index in [9.17, 15) is 8.42 Å². The van der Waals surface area contributed by atoms with Gasteiger partial charge in [-0.3, -0.25) is 0 Å². The summed E-state index contributed by atoms with van der Waals surface area (Å²) >= 11 is 0.